The maximum absolute atomic E-state index is 5.96. The molecular formula is C66H36N6. The Morgan fingerprint density at radius 2 is 0.611 bits per heavy atom. The fourth-order valence-electron chi connectivity index (χ4n) is 12.6. The highest BCUT2D eigenvalue weighted by atomic mass is 15.0. The van der Waals surface area contributed by atoms with Gasteiger partial charge in [0.15, 0.2) is 0 Å². The molecule has 7 aromatic heterocycles. The molecule has 0 saturated carbocycles. The van der Waals surface area contributed by atoms with E-state index in [2.05, 4.69) is 213 Å². The summed E-state index contributed by atoms with van der Waals surface area (Å²) < 4.78 is 5.13. The van der Waals surface area contributed by atoms with Gasteiger partial charge in [-0.2, -0.15) is 0 Å². The molecular weight excluding hydrogens is 877 g/mol. The van der Waals surface area contributed by atoms with Gasteiger partial charge in [-0.1, -0.05) is 133 Å². The van der Waals surface area contributed by atoms with E-state index in [9.17, 15) is 0 Å². The minimum atomic E-state index is 0.852. The Labute approximate surface area is 410 Å². The van der Waals surface area contributed by atoms with Gasteiger partial charge in [-0.15, -0.1) is 0 Å². The fourth-order valence-corrected chi connectivity index (χ4v) is 12.6. The highest BCUT2D eigenvalue weighted by Gasteiger charge is 2.30. The molecule has 7 heterocycles. The van der Waals surface area contributed by atoms with Crippen LogP contribution in [0.25, 0.3) is 164 Å². The molecule has 72 heavy (non-hydrogen) atoms. The first-order valence-corrected chi connectivity index (χ1v) is 24.5. The van der Waals surface area contributed by atoms with Crippen LogP contribution >= 0.6 is 0 Å². The lowest BCUT2D eigenvalue weighted by Crippen LogP contribution is -1.95. The lowest BCUT2D eigenvalue weighted by molar-refractivity contribution is 1.33. The SMILES string of the molecule is c1ccc(-c2ccc3c(c2)c2cc(-c4ccccc4)cc4c5c6nc7c8ccncc8c8cnccc8c7nc6c6c7cc(-c8ccccc8)cc8c9cc(-c%10ccccc%10)ccc9n(c87)c6c5n3c24)cc1. The number of hydrogen-bond donors (Lipinski definition) is 0. The van der Waals surface area contributed by atoms with Crippen LogP contribution in [0, 0.1) is 0 Å². The first-order valence-electron chi connectivity index (χ1n) is 24.5. The van der Waals surface area contributed by atoms with Crippen LogP contribution in [0.3, 0.4) is 0 Å². The lowest BCUT2D eigenvalue weighted by atomic mass is 9.95. The quantitative estimate of drug-likeness (QED) is 0.130. The number of aromatic nitrogens is 6. The van der Waals surface area contributed by atoms with Crippen molar-refractivity contribution in [1.82, 2.24) is 28.7 Å². The number of hydrogen-bond acceptors (Lipinski definition) is 4. The molecule has 0 saturated heterocycles. The van der Waals surface area contributed by atoms with Crippen molar-refractivity contribution in [3.63, 3.8) is 0 Å². The van der Waals surface area contributed by atoms with Gasteiger partial charge in [-0.05, 0) is 105 Å². The summed E-state index contributed by atoms with van der Waals surface area (Å²) in [5, 5.41) is 13.3. The predicted octanol–water partition coefficient (Wildman–Crippen LogP) is 16.8. The summed E-state index contributed by atoms with van der Waals surface area (Å²) in [4.78, 5) is 21.1. The van der Waals surface area contributed by atoms with Crippen molar-refractivity contribution in [3.8, 4) is 44.5 Å². The van der Waals surface area contributed by atoms with Gasteiger partial charge in [0.2, 0.25) is 0 Å². The summed E-state index contributed by atoms with van der Waals surface area (Å²) in [6.45, 7) is 0. The van der Waals surface area contributed by atoms with Crippen LogP contribution < -0.4 is 0 Å². The van der Waals surface area contributed by atoms with Gasteiger partial charge in [0, 0.05) is 89.4 Å². The predicted molar refractivity (Wildman–Crippen MR) is 299 cm³/mol. The minimum absolute atomic E-state index is 0.852. The van der Waals surface area contributed by atoms with Crippen LogP contribution in [-0.4, -0.2) is 28.7 Å². The number of fused-ring (bicyclic) bond motifs is 22. The van der Waals surface area contributed by atoms with E-state index < -0.39 is 0 Å². The van der Waals surface area contributed by atoms with Gasteiger partial charge in [-0.3, -0.25) is 9.97 Å². The normalized spacial score (nSPS) is 12.4. The molecule has 330 valence electrons. The van der Waals surface area contributed by atoms with Gasteiger partial charge >= 0.3 is 0 Å². The summed E-state index contributed by atoms with van der Waals surface area (Å²) in [5.41, 5.74) is 19.8. The molecule has 0 spiro atoms. The van der Waals surface area contributed by atoms with Gasteiger partial charge in [-0.25, -0.2) is 9.97 Å². The largest absolute Gasteiger partial charge is 0.306 e. The Kier molecular flexibility index (Phi) is 7.38. The van der Waals surface area contributed by atoms with Crippen molar-refractivity contribution >= 4 is 120 Å². The Hall–Kier alpha value is -9.78. The van der Waals surface area contributed by atoms with Gasteiger partial charge in [0.1, 0.15) is 11.0 Å². The van der Waals surface area contributed by atoms with Crippen LogP contribution in [0.15, 0.2) is 219 Å². The first-order chi connectivity index (χ1) is 35.7. The Morgan fingerprint density at radius 1 is 0.250 bits per heavy atom. The number of rotatable bonds is 4. The molecule has 10 aromatic carbocycles. The fraction of sp³-hybridized carbons (Fsp3) is 0. The summed E-state index contributed by atoms with van der Waals surface area (Å²) in [5.74, 6) is 0. The zero-order valence-corrected chi connectivity index (χ0v) is 38.5. The standard InChI is InChI=1S/C66H36N6/c1-5-13-37(14-6-1)41-21-23-55-47(29-41)49-31-43(39-17-9-3-10-18-39)33-51-57-61-62(70-60-46-26-28-68-36-54(46)53-35-67-27-25-45(53)59(60)69-61)58-52-34-44(40-19-11-4-12-20-40)32-50-48-30-42(38-15-7-2-8-16-38)22-24-56(48)72(64(50)52)66(58)65(57)71(55)63(49)51/h1-36H. The second-order valence-corrected chi connectivity index (χ2v) is 19.3. The third kappa shape index (κ3) is 4.97. The summed E-state index contributed by atoms with van der Waals surface area (Å²) in [7, 11) is 0. The van der Waals surface area contributed by atoms with Gasteiger partial charge in [0.25, 0.3) is 0 Å². The van der Waals surface area contributed by atoms with Crippen LogP contribution in [0.4, 0.5) is 0 Å². The molecule has 0 N–H and O–H groups in total. The molecule has 0 unspecified atom stereocenters. The number of pyridine rings is 2. The summed E-state index contributed by atoms with van der Waals surface area (Å²) in [6, 6.07) is 71.0. The maximum atomic E-state index is 5.96. The van der Waals surface area contributed by atoms with Crippen LogP contribution in [-0.2, 0) is 0 Å². The third-order valence-corrected chi connectivity index (χ3v) is 15.6. The molecule has 0 aliphatic heterocycles. The van der Waals surface area contributed by atoms with E-state index in [4.69, 9.17) is 9.97 Å². The van der Waals surface area contributed by atoms with Crippen LogP contribution in [0.2, 0.25) is 0 Å². The van der Waals surface area contributed by atoms with E-state index in [0.29, 0.717) is 0 Å². The van der Waals surface area contributed by atoms with E-state index in [0.717, 1.165) is 109 Å². The molecule has 0 aliphatic carbocycles. The molecule has 17 rings (SSSR count). The first kappa shape index (κ1) is 38.1. The molecule has 0 radical (unpaired) electrons. The third-order valence-electron chi connectivity index (χ3n) is 15.6. The van der Waals surface area contributed by atoms with Gasteiger partial charge < -0.3 is 8.80 Å². The van der Waals surface area contributed by atoms with E-state index in [1.807, 2.05) is 24.8 Å². The minimum Gasteiger partial charge on any atom is -0.306 e. The monoisotopic (exact) mass is 912 g/mol. The van der Waals surface area contributed by atoms with Crippen molar-refractivity contribution in [2.45, 2.75) is 0 Å². The van der Waals surface area contributed by atoms with Gasteiger partial charge in [0.05, 0.1) is 44.1 Å². The van der Waals surface area contributed by atoms with E-state index >= 15 is 0 Å². The molecule has 0 atom stereocenters. The maximum Gasteiger partial charge on any atom is 0.100 e. The van der Waals surface area contributed by atoms with Crippen molar-refractivity contribution in [1.29, 1.82) is 0 Å². The zero-order chi connectivity index (χ0) is 46.8. The Balaban J connectivity index is 1.16. The Morgan fingerprint density at radius 3 is 1.01 bits per heavy atom. The average Bonchev–Trinajstić information content (AvgIpc) is 4.20. The summed E-state index contributed by atoms with van der Waals surface area (Å²) in [6.07, 6.45) is 7.62. The topological polar surface area (TPSA) is 60.4 Å². The van der Waals surface area contributed by atoms with E-state index in [1.54, 1.807) is 0 Å². The van der Waals surface area contributed by atoms with Crippen molar-refractivity contribution < 1.29 is 0 Å². The molecule has 17 aromatic rings. The molecule has 0 bridgehead atoms. The molecule has 6 nitrogen and oxygen atoms in total. The number of nitrogens with zero attached hydrogens (tertiary/aromatic N) is 6. The van der Waals surface area contributed by atoms with Crippen molar-refractivity contribution in [3.05, 3.63) is 219 Å². The smallest absolute Gasteiger partial charge is 0.100 e. The molecule has 0 amide bonds. The average molecular weight is 913 g/mol. The van der Waals surface area contributed by atoms with E-state index in [1.165, 1.54) is 54.8 Å². The van der Waals surface area contributed by atoms with Crippen molar-refractivity contribution in [2.75, 3.05) is 0 Å². The summed E-state index contributed by atoms with van der Waals surface area (Å²) >= 11 is 0. The zero-order valence-electron chi connectivity index (χ0n) is 38.5. The van der Waals surface area contributed by atoms with Crippen LogP contribution in [0.5, 0.6) is 0 Å². The lowest BCUT2D eigenvalue weighted by Gasteiger charge is -2.12. The Bertz CT molecular complexity index is 4800. The second-order valence-electron chi connectivity index (χ2n) is 19.3. The molecule has 0 fully saturated rings. The van der Waals surface area contributed by atoms with Crippen LogP contribution in [0.1, 0.15) is 0 Å². The number of benzene rings is 10. The molecule has 0 aliphatic rings. The highest BCUT2D eigenvalue weighted by Crippen LogP contribution is 2.52. The highest BCUT2D eigenvalue weighted by molar-refractivity contribution is 6.41. The molecule has 6 heteroatoms. The second kappa shape index (κ2) is 13.9. The van der Waals surface area contributed by atoms with E-state index in [-0.39, 0.29) is 0 Å². The van der Waals surface area contributed by atoms with Crippen molar-refractivity contribution in [2.24, 2.45) is 0 Å².